The first kappa shape index (κ1) is 23.7. The van der Waals surface area contributed by atoms with E-state index < -0.39 is 29.8 Å². The molecule has 0 saturated carbocycles. The van der Waals surface area contributed by atoms with Gasteiger partial charge in [-0.05, 0) is 48.3 Å². The standard InChI is InChI=1S/C19H21N9O4S3/c20-19-24-16-12(2-1-3-13(16)33-19)11-4-5-14(35(31,32)23-9-10-6-7-22-8-10)17(34(21,29)30)15(11)18-25-27-28-26-18/h1-5,10,22-23H,6-9H2,(H2,20,24)(H2,21,29,30)(H,25,26,27,28)/t10-/m1/s1. The molecule has 16 heteroatoms. The molecule has 2 aromatic carbocycles. The predicted octanol–water partition coefficient (Wildman–Crippen LogP) is 0.261. The van der Waals surface area contributed by atoms with Crippen molar-refractivity contribution >= 4 is 46.7 Å². The summed E-state index contributed by atoms with van der Waals surface area (Å²) in [7, 11) is -8.85. The minimum atomic E-state index is -4.58. The maximum absolute atomic E-state index is 13.3. The number of nitrogens with one attached hydrogen (secondary N) is 3. The van der Waals surface area contributed by atoms with Gasteiger partial charge in [-0.3, -0.25) is 0 Å². The quantitative estimate of drug-likeness (QED) is 0.218. The number of benzene rings is 2. The second-order valence-electron chi connectivity index (χ2n) is 8.01. The zero-order valence-corrected chi connectivity index (χ0v) is 20.5. The van der Waals surface area contributed by atoms with Crippen LogP contribution in [0.3, 0.4) is 0 Å². The summed E-state index contributed by atoms with van der Waals surface area (Å²) in [6.07, 6.45) is 0.804. The van der Waals surface area contributed by atoms with Crippen LogP contribution < -0.4 is 20.9 Å². The molecular weight excluding hydrogens is 514 g/mol. The molecule has 5 rings (SSSR count). The van der Waals surface area contributed by atoms with Gasteiger partial charge in [0.25, 0.3) is 0 Å². The van der Waals surface area contributed by atoms with Gasteiger partial charge in [0.2, 0.25) is 25.9 Å². The third-order valence-corrected chi connectivity index (χ3v) is 9.15. The van der Waals surface area contributed by atoms with Crippen molar-refractivity contribution in [3.05, 3.63) is 30.3 Å². The van der Waals surface area contributed by atoms with Crippen LogP contribution in [0, 0.1) is 5.92 Å². The van der Waals surface area contributed by atoms with Crippen molar-refractivity contribution < 1.29 is 16.8 Å². The molecule has 0 unspecified atom stereocenters. The lowest BCUT2D eigenvalue weighted by atomic mass is 9.98. The van der Waals surface area contributed by atoms with Crippen molar-refractivity contribution in [2.75, 3.05) is 25.4 Å². The van der Waals surface area contributed by atoms with E-state index in [1.54, 1.807) is 12.1 Å². The van der Waals surface area contributed by atoms with Crippen LogP contribution in [0.25, 0.3) is 32.7 Å². The predicted molar refractivity (Wildman–Crippen MR) is 130 cm³/mol. The molecule has 7 N–H and O–H groups in total. The van der Waals surface area contributed by atoms with Crippen LogP contribution in [0.1, 0.15) is 6.42 Å². The van der Waals surface area contributed by atoms with Gasteiger partial charge in [-0.15, -0.1) is 10.2 Å². The van der Waals surface area contributed by atoms with Gasteiger partial charge in [0.1, 0.15) is 9.79 Å². The zero-order chi connectivity index (χ0) is 24.8. The molecule has 184 valence electrons. The number of fused-ring (bicyclic) bond motifs is 1. The van der Waals surface area contributed by atoms with E-state index in [-0.39, 0.29) is 23.9 Å². The third-order valence-electron chi connectivity index (χ3n) is 5.71. The monoisotopic (exact) mass is 535 g/mol. The summed E-state index contributed by atoms with van der Waals surface area (Å²) >= 11 is 1.26. The number of nitrogen functional groups attached to an aromatic ring is 1. The Hall–Kier alpha value is -3.02. The number of para-hydroxylation sites is 1. The molecule has 0 spiro atoms. The van der Waals surface area contributed by atoms with Gasteiger partial charge in [0, 0.05) is 12.1 Å². The van der Waals surface area contributed by atoms with Crippen molar-refractivity contribution in [2.45, 2.75) is 16.2 Å². The molecule has 0 bridgehead atoms. The summed E-state index contributed by atoms with van der Waals surface area (Å²) in [5.41, 5.74) is 7.12. The fourth-order valence-electron chi connectivity index (χ4n) is 4.15. The van der Waals surface area contributed by atoms with E-state index in [0.717, 1.165) is 17.7 Å². The van der Waals surface area contributed by atoms with Gasteiger partial charge in [-0.1, -0.05) is 29.5 Å². The molecule has 35 heavy (non-hydrogen) atoms. The number of nitrogens with zero attached hydrogens (tertiary/aromatic N) is 4. The van der Waals surface area contributed by atoms with Crippen LogP contribution in [0.2, 0.25) is 0 Å². The fraction of sp³-hybridized carbons (Fsp3) is 0.263. The second kappa shape index (κ2) is 8.89. The van der Waals surface area contributed by atoms with Gasteiger partial charge >= 0.3 is 0 Å². The Balaban J connectivity index is 1.76. The fourth-order valence-corrected chi connectivity index (χ4v) is 7.63. The molecule has 0 amide bonds. The maximum Gasteiger partial charge on any atom is 0.241 e. The maximum atomic E-state index is 13.3. The first-order valence-electron chi connectivity index (χ1n) is 10.4. The summed E-state index contributed by atoms with van der Waals surface area (Å²) in [6.45, 7) is 1.60. The summed E-state index contributed by atoms with van der Waals surface area (Å²) in [5.74, 6) is -0.0485. The summed E-state index contributed by atoms with van der Waals surface area (Å²) < 4.78 is 55.6. The van der Waals surface area contributed by atoms with Crippen molar-refractivity contribution in [1.29, 1.82) is 0 Å². The lowest BCUT2D eigenvalue weighted by molar-refractivity contribution is 0.536. The molecule has 1 aliphatic rings. The lowest BCUT2D eigenvalue weighted by Gasteiger charge is -2.17. The molecule has 0 aliphatic carbocycles. The normalized spacial score (nSPS) is 16.8. The average molecular weight is 536 g/mol. The second-order valence-corrected chi connectivity index (χ2v) is 12.3. The number of nitrogens with two attached hydrogens (primary N) is 2. The number of tetrazole rings is 1. The van der Waals surface area contributed by atoms with E-state index in [1.165, 1.54) is 23.5 Å². The van der Waals surface area contributed by atoms with Crippen molar-refractivity contribution in [2.24, 2.45) is 11.1 Å². The highest BCUT2D eigenvalue weighted by molar-refractivity contribution is 7.92. The van der Waals surface area contributed by atoms with Crippen LogP contribution in [-0.2, 0) is 20.0 Å². The number of aromatic nitrogens is 5. The number of primary sulfonamides is 1. The average Bonchev–Trinajstić information content (AvgIpc) is 3.57. The Bertz CT molecular complexity index is 1610. The summed E-state index contributed by atoms with van der Waals surface area (Å²) in [4.78, 5) is 3.23. The van der Waals surface area contributed by atoms with Gasteiger partial charge in [-0.2, -0.15) is 5.21 Å². The van der Waals surface area contributed by atoms with E-state index in [1.807, 2.05) is 6.07 Å². The first-order chi connectivity index (χ1) is 16.6. The summed E-state index contributed by atoms with van der Waals surface area (Å²) in [5, 5.41) is 22.7. The van der Waals surface area contributed by atoms with Crippen LogP contribution in [-0.4, -0.2) is 62.1 Å². The molecule has 1 fully saturated rings. The van der Waals surface area contributed by atoms with Crippen molar-refractivity contribution in [1.82, 2.24) is 35.6 Å². The van der Waals surface area contributed by atoms with E-state index in [4.69, 9.17) is 10.9 Å². The number of aromatic amines is 1. The molecule has 1 atom stereocenters. The van der Waals surface area contributed by atoms with Crippen LogP contribution in [0.5, 0.6) is 0 Å². The van der Waals surface area contributed by atoms with E-state index in [0.29, 0.717) is 28.3 Å². The highest BCUT2D eigenvalue weighted by atomic mass is 32.2. The third kappa shape index (κ3) is 4.51. The molecule has 1 saturated heterocycles. The Kier molecular flexibility index (Phi) is 6.02. The van der Waals surface area contributed by atoms with E-state index in [2.05, 4.69) is 35.6 Å². The smallest absolute Gasteiger partial charge is 0.241 e. The van der Waals surface area contributed by atoms with Crippen LogP contribution >= 0.6 is 11.3 Å². The Morgan fingerprint density at radius 1 is 1.14 bits per heavy atom. The molecule has 13 nitrogen and oxygen atoms in total. The largest absolute Gasteiger partial charge is 0.375 e. The Labute approximate surface area is 204 Å². The van der Waals surface area contributed by atoms with Gasteiger partial charge in [0.05, 0.1) is 15.8 Å². The number of hydrogen-bond donors (Lipinski definition) is 5. The molecule has 2 aromatic heterocycles. The molecule has 4 aromatic rings. The van der Waals surface area contributed by atoms with Crippen molar-refractivity contribution in [3.8, 4) is 22.5 Å². The highest BCUT2D eigenvalue weighted by Gasteiger charge is 2.33. The minimum absolute atomic E-state index is 0.0892. The SMILES string of the molecule is Nc1nc2c(-c3ccc(S(=O)(=O)NC[C@@H]4CCNC4)c(S(N)(=O)=O)c3-c3nn[nH]n3)cccc2s1. The van der Waals surface area contributed by atoms with Crippen LogP contribution in [0.15, 0.2) is 40.1 Å². The molecular formula is C19H21N9O4S3. The number of anilines is 1. The minimum Gasteiger partial charge on any atom is -0.375 e. The first-order valence-corrected chi connectivity index (χ1v) is 14.3. The number of hydrogen-bond acceptors (Lipinski definition) is 11. The topological polar surface area (TPSA) is 212 Å². The highest BCUT2D eigenvalue weighted by Crippen LogP contribution is 2.41. The molecule has 1 aliphatic heterocycles. The van der Waals surface area contributed by atoms with Gasteiger partial charge < -0.3 is 11.1 Å². The number of H-pyrrole nitrogens is 1. The number of thiazole rings is 1. The molecule has 0 radical (unpaired) electrons. The number of rotatable bonds is 7. The molecule has 3 heterocycles. The zero-order valence-electron chi connectivity index (χ0n) is 18.1. The van der Waals surface area contributed by atoms with E-state index >= 15 is 0 Å². The van der Waals surface area contributed by atoms with Gasteiger partial charge in [0.15, 0.2) is 5.13 Å². The van der Waals surface area contributed by atoms with Crippen molar-refractivity contribution in [3.63, 3.8) is 0 Å². The van der Waals surface area contributed by atoms with Gasteiger partial charge in [-0.25, -0.2) is 31.7 Å². The Morgan fingerprint density at radius 2 is 1.97 bits per heavy atom. The number of sulfonamides is 2. The van der Waals surface area contributed by atoms with E-state index in [9.17, 15) is 16.8 Å². The van der Waals surface area contributed by atoms with Crippen LogP contribution in [0.4, 0.5) is 5.13 Å². The summed E-state index contributed by atoms with van der Waals surface area (Å²) in [6, 6.07) is 7.99. The Morgan fingerprint density at radius 3 is 2.66 bits per heavy atom. The lowest BCUT2D eigenvalue weighted by Crippen LogP contribution is -2.32.